The smallest absolute Gasteiger partial charge is 0.280 e. The summed E-state index contributed by atoms with van der Waals surface area (Å²) in [5.74, 6) is 1.01. The van der Waals surface area contributed by atoms with Gasteiger partial charge in [0, 0.05) is 12.5 Å². The minimum atomic E-state index is -2.39. The van der Waals surface area contributed by atoms with Crippen LogP contribution in [-0.4, -0.2) is 71.6 Å². The van der Waals surface area contributed by atoms with Gasteiger partial charge in [-0.15, -0.1) is 0 Å². The van der Waals surface area contributed by atoms with Crippen molar-refractivity contribution in [3.05, 3.63) is 112 Å². The number of fused-ring (bicyclic) bond motifs is 1. The quantitative estimate of drug-likeness (QED) is 0.106. The molecule has 6 rings (SSSR count). The molecule has 3 heterocycles. The molecule has 4 atom stereocenters. The van der Waals surface area contributed by atoms with Crippen molar-refractivity contribution < 1.29 is 28.8 Å². The van der Waals surface area contributed by atoms with Gasteiger partial charge in [0.2, 0.25) is 11.9 Å². The van der Waals surface area contributed by atoms with Crippen molar-refractivity contribution in [2.75, 3.05) is 26.1 Å². The molecular weight excluding hydrogens is 679 g/mol. The number of aromatic nitrogens is 4. The van der Waals surface area contributed by atoms with Gasteiger partial charge in [0.15, 0.2) is 17.4 Å². The van der Waals surface area contributed by atoms with Gasteiger partial charge in [-0.2, -0.15) is 4.98 Å². The normalized spacial score (nSPS) is 19.5. The number of hydrogen-bond donors (Lipinski definition) is 3. The largest absolute Gasteiger partial charge is 0.497 e. The number of nitrogens with one attached hydrogen (secondary N) is 2. The molecular formula is C39H47N5O7Si. The van der Waals surface area contributed by atoms with Gasteiger partial charge in [-0.3, -0.25) is 24.5 Å². The molecule has 0 aliphatic carbocycles. The van der Waals surface area contributed by atoms with E-state index >= 15 is 0 Å². The molecule has 0 radical (unpaired) electrons. The first-order valence-corrected chi connectivity index (χ1v) is 20.4. The second-order valence-electron chi connectivity index (χ2n) is 14.8. The standard InChI is InChI=1S/C39H47N5O7Si/c1-24(45)41-37-42-34-31(35(47)43-37)40-23-44(34)36-32(46)33(52(7,8)38(2,3)4)30(51-36)22-50-39(25-12-10-9-11-13-25,26-14-18-28(48-5)19-15-26)27-16-20-29(49-6)21-17-27/h9-21,23,30,32-33,36,46H,22H2,1-8H3,(H2,41,42,43,45,47)/t30-,32?,33?,36-/m1/s1. The first kappa shape index (κ1) is 37.0. The number of ether oxygens (including phenoxy) is 4. The second-order valence-corrected chi connectivity index (χ2v) is 20.4. The van der Waals surface area contributed by atoms with Crippen LogP contribution in [-0.2, 0) is 19.9 Å². The summed E-state index contributed by atoms with van der Waals surface area (Å²) < 4.78 is 26.8. The van der Waals surface area contributed by atoms with Crippen LogP contribution in [0.15, 0.2) is 90.0 Å². The number of benzene rings is 3. The number of carbonyl (C=O) groups excluding carboxylic acids is 1. The third kappa shape index (κ3) is 6.65. The van der Waals surface area contributed by atoms with Crippen molar-refractivity contribution in [3.63, 3.8) is 0 Å². The molecule has 5 aromatic rings. The first-order valence-electron chi connectivity index (χ1n) is 17.3. The lowest BCUT2D eigenvalue weighted by Gasteiger charge is -2.45. The summed E-state index contributed by atoms with van der Waals surface area (Å²) in [5.41, 5.74) is 0.959. The van der Waals surface area contributed by atoms with Gasteiger partial charge in [-0.05, 0) is 46.0 Å². The van der Waals surface area contributed by atoms with Crippen molar-refractivity contribution in [3.8, 4) is 11.5 Å². The minimum Gasteiger partial charge on any atom is -0.497 e. The van der Waals surface area contributed by atoms with Crippen LogP contribution in [0.3, 0.4) is 0 Å². The Morgan fingerprint density at radius 1 is 0.942 bits per heavy atom. The number of aromatic amines is 1. The molecule has 1 fully saturated rings. The van der Waals surface area contributed by atoms with Crippen LogP contribution in [0.5, 0.6) is 11.5 Å². The molecule has 1 aliphatic rings. The van der Waals surface area contributed by atoms with Gasteiger partial charge in [0.05, 0.1) is 41.3 Å². The van der Waals surface area contributed by atoms with E-state index < -0.39 is 43.6 Å². The summed E-state index contributed by atoms with van der Waals surface area (Å²) in [6, 6.07) is 25.7. The summed E-state index contributed by atoms with van der Waals surface area (Å²) in [5, 5.41) is 14.7. The highest BCUT2D eigenvalue weighted by Gasteiger charge is 2.57. The molecule has 2 aromatic heterocycles. The molecule has 12 nitrogen and oxygen atoms in total. The van der Waals surface area contributed by atoms with Gasteiger partial charge in [0.25, 0.3) is 5.56 Å². The average molecular weight is 726 g/mol. The van der Waals surface area contributed by atoms with Crippen LogP contribution in [0.4, 0.5) is 5.95 Å². The molecule has 1 amide bonds. The predicted octanol–water partition coefficient (Wildman–Crippen LogP) is 6.24. The Morgan fingerprint density at radius 3 is 2.02 bits per heavy atom. The van der Waals surface area contributed by atoms with E-state index in [9.17, 15) is 14.7 Å². The molecule has 3 aromatic carbocycles. The fourth-order valence-corrected chi connectivity index (χ4v) is 10.2. The molecule has 13 heteroatoms. The predicted molar refractivity (Wildman–Crippen MR) is 202 cm³/mol. The van der Waals surface area contributed by atoms with Gasteiger partial charge in [-0.1, -0.05) is 88.5 Å². The molecule has 3 N–H and O–H groups in total. The Kier molecular flexibility index (Phi) is 10.2. The van der Waals surface area contributed by atoms with Crippen LogP contribution in [0, 0.1) is 0 Å². The Bertz CT molecular complexity index is 2030. The zero-order valence-electron chi connectivity index (χ0n) is 30.8. The molecule has 274 valence electrons. The summed E-state index contributed by atoms with van der Waals surface area (Å²) in [4.78, 5) is 36.1. The summed E-state index contributed by atoms with van der Waals surface area (Å²) >= 11 is 0. The minimum absolute atomic E-state index is 0.0216. The highest BCUT2D eigenvalue weighted by atomic mass is 28.3. The van der Waals surface area contributed by atoms with Crippen LogP contribution < -0.4 is 20.3 Å². The number of amides is 1. The Morgan fingerprint density at radius 2 is 1.50 bits per heavy atom. The molecule has 0 bridgehead atoms. The first-order chi connectivity index (χ1) is 24.7. The van der Waals surface area contributed by atoms with Crippen molar-refractivity contribution in [1.29, 1.82) is 0 Å². The van der Waals surface area contributed by atoms with Gasteiger partial charge in [0.1, 0.15) is 23.2 Å². The number of rotatable bonds is 11. The van der Waals surface area contributed by atoms with Crippen LogP contribution in [0.25, 0.3) is 11.2 Å². The van der Waals surface area contributed by atoms with Crippen molar-refractivity contribution in [1.82, 2.24) is 19.5 Å². The number of imidazole rings is 1. The third-order valence-corrected chi connectivity index (χ3v) is 17.0. The van der Waals surface area contributed by atoms with E-state index in [2.05, 4.69) is 54.1 Å². The highest BCUT2D eigenvalue weighted by Crippen LogP contribution is 2.54. The van der Waals surface area contributed by atoms with Crippen LogP contribution in [0.2, 0.25) is 23.7 Å². The Balaban J connectivity index is 1.48. The number of nitrogens with zero attached hydrogens (tertiary/aromatic N) is 3. The maximum absolute atomic E-state index is 13.0. The molecule has 0 spiro atoms. The van der Waals surface area contributed by atoms with Crippen molar-refractivity contribution in [2.24, 2.45) is 0 Å². The third-order valence-electron chi connectivity index (χ3n) is 10.8. The van der Waals surface area contributed by atoms with E-state index in [0.717, 1.165) is 16.7 Å². The lowest BCUT2D eigenvalue weighted by Crippen LogP contribution is -2.50. The number of methoxy groups -OCH3 is 2. The molecule has 1 aliphatic heterocycles. The number of H-pyrrole nitrogens is 1. The van der Waals surface area contributed by atoms with E-state index in [1.165, 1.54) is 13.3 Å². The summed E-state index contributed by atoms with van der Waals surface area (Å²) in [6.45, 7) is 12.6. The maximum atomic E-state index is 13.0. The van der Waals surface area contributed by atoms with E-state index in [4.69, 9.17) is 18.9 Å². The van der Waals surface area contributed by atoms with E-state index in [1.54, 1.807) is 18.8 Å². The number of anilines is 1. The van der Waals surface area contributed by atoms with E-state index in [1.807, 2.05) is 78.9 Å². The molecule has 2 unspecified atom stereocenters. The van der Waals surface area contributed by atoms with Gasteiger partial charge >= 0.3 is 0 Å². The summed E-state index contributed by atoms with van der Waals surface area (Å²) in [6.07, 6.45) is -1.06. The monoisotopic (exact) mass is 725 g/mol. The lowest BCUT2D eigenvalue weighted by atomic mass is 9.80. The van der Waals surface area contributed by atoms with Crippen LogP contribution >= 0.6 is 0 Å². The molecule has 0 saturated carbocycles. The van der Waals surface area contributed by atoms with Crippen LogP contribution in [0.1, 0.15) is 50.6 Å². The fraction of sp³-hybridized carbons (Fsp3) is 0.385. The zero-order valence-corrected chi connectivity index (χ0v) is 31.8. The highest BCUT2D eigenvalue weighted by molar-refractivity contribution is 6.81. The zero-order chi connectivity index (χ0) is 37.4. The average Bonchev–Trinajstić information content (AvgIpc) is 3.69. The number of aliphatic hydroxyl groups excluding tert-OH is 1. The Hall–Kier alpha value is -4.82. The number of carbonyl (C=O) groups is 1. The van der Waals surface area contributed by atoms with Crippen molar-refractivity contribution in [2.45, 2.75) is 75.4 Å². The molecule has 1 saturated heterocycles. The number of hydrogen-bond acceptors (Lipinski definition) is 9. The van der Waals surface area contributed by atoms with Gasteiger partial charge in [-0.25, -0.2) is 4.98 Å². The van der Waals surface area contributed by atoms with Gasteiger partial charge < -0.3 is 24.1 Å². The van der Waals surface area contributed by atoms with E-state index in [-0.39, 0.29) is 34.3 Å². The SMILES string of the molecule is COc1ccc(C(OC[C@H]2O[C@@H](n3cnc4c(=O)[nH]c(NC(C)=O)nc43)C(O)C2[Si](C)(C)C(C)(C)C)(c2ccccc2)c2ccc(OC)cc2)cc1. The van der Waals surface area contributed by atoms with E-state index in [0.29, 0.717) is 11.5 Å². The fourth-order valence-electron chi connectivity index (χ4n) is 7.13. The maximum Gasteiger partial charge on any atom is 0.280 e. The topological polar surface area (TPSA) is 150 Å². The number of aliphatic hydroxyl groups is 1. The summed E-state index contributed by atoms with van der Waals surface area (Å²) in [7, 11) is 0.879. The molecule has 52 heavy (non-hydrogen) atoms. The Labute approximate surface area is 304 Å². The second kappa shape index (κ2) is 14.3. The lowest BCUT2D eigenvalue weighted by molar-refractivity contribution is -0.114. The van der Waals surface area contributed by atoms with Crippen molar-refractivity contribution >= 4 is 31.1 Å².